The van der Waals surface area contributed by atoms with Crippen LogP contribution in [0.2, 0.25) is 0 Å². The lowest BCUT2D eigenvalue weighted by Gasteiger charge is -2.14. The fourth-order valence-electron chi connectivity index (χ4n) is 1.30. The minimum absolute atomic E-state index is 0.166. The fraction of sp³-hybridized carbons (Fsp3) is 0.250. The zero-order valence-corrected chi connectivity index (χ0v) is 11.8. The summed E-state index contributed by atoms with van der Waals surface area (Å²) >= 11 is 5.00. The number of nitrogens with one attached hydrogen (secondary N) is 3. The van der Waals surface area contributed by atoms with Gasteiger partial charge < -0.3 is 14.8 Å². The number of carbonyl (C=O) groups excluding carboxylic acids is 1. The number of methoxy groups -OCH3 is 2. The average molecular weight is 294 g/mol. The van der Waals surface area contributed by atoms with Crippen LogP contribution in [0.4, 0.5) is 5.69 Å². The lowest BCUT2D eigenvalue weighted by Crippen LogP contribution is -2.43. The van der Waals surface area contributed by atoms with Gasteiger partial charge in [0.15, 0.2) is 5.11 Å². The maximum absolute atomic E-state index is 11.1. The Morgan fingerprint density at radius 2 is 2.10 bits per heavy atom. The monoisotopic (exact) mass is 294 g/mol. The van der Waals surface area contributed by atoms with Crippen molar-refractivity contribution in [2.75, 3.05) is 19.5 Å². The molecular weight excluding hydrogens is 280 g/mol. The maximum atomic E-state index is 11.1. The first-order valence-electron chi connectivity index (χ1n) is 5.55. The van der Waals surface area contributed by atoms with Crippen LogP contribution in [-0.2, 0) is 4.79 Å². The number of nitriles is 1. The van der Waals surface area contributed by atoms with E-state index < -0.39 is 5.91 Å². The third-order valence-electron chi connectivity index (χ3n) is 2.21. The molecule has 0 radical (unpaired) electrons. The molecule has 106 valence electrons. The standard InChI is InChI=1S/C12H14N4O3S/c1-18-8-3-4-9(10(7-8)19-2)14-12(20)16-15-11(17)5-6-13/h3-4,7H,5H2,1-2H3,(H,15,17)(H2,14,16,20). The SMILES string of the molecule is COc1ccc(NC(=S)NNC(=O)CC#N)c(OC)c1. The lowest BCUT2D eigenvalue weighted by atomic mass is 10.2. The molecule has 0 aliphatic heterocycles. The smallest absolute Gasteiger partial charge is 0.252 e. The summed E-state index contributed by atoms with van der Waals surface area (Å²) in [5.74, 6) is 0.712. The molecule has 0 atom stereocenters. The third kappa shape index (κ3) is 4.62. The van der Waals surface area contributed by atoms with Crippen LogP contribution in [0.3, 0.4) is 0 Å². The van der Waals surface area contributed by atoms with E-state index in [2.05, 4.69) is 16.2 Å². The van der Waals surface area contributed by atoms with Gasteiger partial charge in [0.2, 0.25) is 0 Å². The number of amides is 1. The minimum atomic E-state index is -0.474. The molecule has 0 fully saturated rings. The molecule has 8 heteroatoms. The van der Waals surface area contributed by atoms with Gasteiger partial charge in [-0.05, 0) is 24.4 Å². The number of hydrogen-bond donors (Lipinski definition) is 3. The second-order valence-electron chi connectivity index (χ2n) is 3.53. The van der Waals surface area contributed by atoms with E-state index in [9.17, 15) is 4.79 Å². The van der Waals surface area contributed by atoms with E-state index in [4.69, 9.17) is 27.0 Å². The molecular formula is C12H14N4O3S. The number of ether oxygens (including phenoxy) is 2. The van der Waals surface area contributed by atoms with Crippen molar-refractivity contribution in [3.05, 3.63) is 18.2 Å². The number of hydrogen-bond acceptors (Lipinski definition) is 5. The highest BCUT2D eigenvalue weighted by Crippen LogP contribution is 2.28. The van der Waals surface area contributed by atoms with Crippen LogP contribution in [0.25, 0.3) is 0 Å². The van der Waals surface area contributed by atoms with Crippen molar-refractivity contribution < 1.29 is 14.3 Å². The molecule has 7 nitrogen and oxygen atoms in total. The molecule has 1 amide bonds. The van der Waals surface area contributed by atoms with E-state index >= 15 is 0 Å². The zero-order valence-electron chi connectivity index (χ0n) is 11.0. The van der Waals surface area contributed by atoms with Crippen molar-refractivity contribution in [1.29, 1.82) is 5.26 Å². The molecule has 3 N–H and O–H groups in total. The van der Waals surface area contributed by atoms with Gasteiger partial charge in [-0.25, -0.2) is 0 Å². The van der Waals surface area contributed by atoms with Crippen molar-refractivity contribution in [2.45, 2.75) is 6.42 Å². The zero-order chi connectivity index (χ0) is 15.0. The van der Waals surface area contributed by atoms with Crippen LogP contribution < -0.4 is 25.6 Å². The normalized spacial score (nSPS) is 9.05. The van der Waals surface area contributed by atoms with E-state index in [1.54, 1.807) is 31.4 Å². The summed E-state index contributed by atoms with van der Waals surface area (Å²) in [5, 5.41) is 11.4. The van der Waals surface area contributed by atoms with Gasteiger partial charge in [0.25, 0.3) is 5.91 Å². The largest absolute Gasteiger partial charge is 0.497 e. The second kappa shape index (κ2) is 7.81. The van der Waals surface area contributed by atoms with Gasteiger partial charge in [0.1, 0.15) is 17.9 Å². The average Bonchev–Trinajstić information content (AvgIpc) is 2.46. The highest BCUT2D eigenvalue weighted by atomic mass is 32.1. The summed E-state index contributed by atoms with van der Waals surface area (Å²) in [6.45, 7) is 0. The van der Waals surface area contributed by atoms with Gasteiger partial charge in [0, 0.05) is 6.07 Å². The lowest BCUT2D eigenvalue weighted by molar-refractivity contribution is -0.120. The van der Waals surface area contributed by atoms with Gasteiger partial charge in [0.05, 0.1) is 26.0 Å². The molecule has 0 unspecified atom stereocenters. The van der Waals surface area contributed by atoms with E-state index in [-0.39, 0.29) is 11.5 Å². The van der Waals surface area contributed by atoms with E-state index in [1.807, 2.05) is 0 Å². The predicted molar refractivity (Wildman–Crippen MR) is 77.3 cm³/mol. The Bertz CT molecular complexity index is 542. The summed E-state index contributed by atoms with van der Waals surface area (Å²) in [5.41, 5.74) is 5.37. The van der Waals surface area contributed by atoms with E-state index in [1.165, 1.54) is 7.11 Å². The highest BCUT2D eigenvalue weighted by molar-refractivity contribution is 7.80. The minimum Gasteiger partial charge on any atom is -0.497 e. The third-order valence-corrected chi connectivity index (χ3v) is 2.42. The molecule has 0 spiro atoms. The van der Waals surface area contributed by atoms with Gasteiger partial charge in [-0.1, -0.05) is 0 Å². The van der Waals surface area contributed by atoms with Gasteiger partial charge >= 0.3 is 0 Å². The van der Waals surface area contributed by atoms with E-state index in [0.717, 1.165) is 0 Å². The number of thiocarbonyl (C=S) groups is 1. The summed E-state index contributed by atoms with van der Waals surface area (Å²) < 4.78 is 10.3. The van der Waals surface area contributed by atoms with Crippen molar-refractivity contribution >= 4 is 28.9 Å². The van der Waals surface area contributed by atoms with Gasteiger partial charge in [-0.15, -0.1) is 0 Å². The van der Waals surface area contributed by atoms with Gasteiger partial charge in [-0.3, -0.25) is 15.6 Å². The summed E-state index contributed by atoms with van der Waals surface area (Å²) in [7, 11) is 3.07. The molecule has 1 aromatic rings. The topological polar surface area (TPSA) is 95.4 Å². The second-order valence-corrected chi connectivity index (χ2v) is 3.94. The first-order valence-corrected chi connectivity index (χ1v) is 5.96. The van der Waals surface area contributed by atoms with Crippen LogP contribution >= 0.6 is 12.2 Å². The fourth-order valence-corrected chi connectivity index (χ4v) is 1.46. The molecule has 0 saturated heterocycles. The molecule has 0 aliphatic carbocycles. The number of hydrazine groups is 1. The van der Waals surface area contributed by atoms with Crippen LogP contribution in [0.15, 0.2) is 18.2 Å². The number of benzene rings is 1. The first-order chi connectivity index (χ1) is 9.60. The molecule has 0 saturated carbocycles. The first kappa shape index (κ1) is 15.5. The number of rotatable bonds is 4. The molecule has 1 aromatic carbocycles. The number of carbonyl (C=O) groups is 1. The highest BCUT2D eigenvalue weighted by Gasteiger charge is 2.07. The Morgan fingerprint density at radius 3 is 2.70 bits per heavy atom. The Labute approximate surface area is 121 Å². The quantitative estimate of drug-likeness (QED) is 0.561. The number of anilines is 1. The Balaban J connectivity index is 2.62. The van der Waals surface area contributed by atoms with Crippen LogP contribution in [0.5, 0.6) is 11.5 Å². The Kier molecular flexibility index (Phi) is 6.06. The number of nitrogens with zero attached hydrogens (tertiary/aromatic N) is 1. The van der Waals surface area contributed by atoms with Gasteiger partial charge in [-0.2, -0.15) is 5.26 Å². The maximum Gasteiger partial charge on any atom is 0.252 e. The molecule has 0 aliphatic rings. The van der Waals surface area contributed by atoms with Crippen molar-refractivity contribution in [1.82, 2.24) is 10.9 Å². The molecule has 0 bridgehead atoms. The Morgan fingerprint density at radius 1 is 1.35 bits per heavy atom. The summed E-state index contributed by atoms with van der Waals surface area (Å²) in [4.78, 5) is 11.1. The molecule has 0 aromatic heterocycles. The van der Waals surface area contributed by atoms with Crippen molar-refractivity contribution in [3.63, 3.8) is 0 Å². The molecule has 20 heavy (non-hydrogen) atoms. The molecule has 0 heterocycles. The predicted octanol–water partition coefficient (Wildman–Crippen LogP) is 0.935. The van der Waals surface area contributed by atoms with Crippen molar-refractivity contribution in [2.24, 2.45) is 0 Å². The van der Waals surface area contributed by atoms with E-state index in [0.29, 0.717) is 17.2 Å². The summed E-state index contributed by atoms with van der Waals surface area (Å²) in [6.07, 6.45) is -0.249. The van der Waals surface area contributed by atoms with Crippen molar-refractivity contribution in [3.8, 4) is 17.6 Å². The van der Waals surface area contributed by atoms with Crippen LogP contribution in [0.1, 0.15) is 6.42 Å². The van der Waals surface area contributed by atoms with Crippen LogP contribution in [0, 0.1) is 11.3 Å². The Hall–Kier alpha value is -2.53. The summed E-state index contributed by atoms with van der Waals surface area (Å²) in [6, 6.07) is 6.88. The molecule has 1 rings (SSSR count). The van der Waals surface area contributed by atoms with Crippen LogP contribution in [-0.4, -0.2) is 25.2 Å².